The highest BCUT2D eigenvalue weighted by Gasteiger charge is 2.26. The Balaban J connectivity index is 2.35. The molecule has 0 fully saturated rings. The van der Waals surface area contributed by atoms with Crippen LogP contribution in [0.4, 0.5) is 0 Å². The van der Waals surface area contributed by atoms with Crippen LogP contribution in [0.25, 0.3) is 0 Å². The summed E-state index contributed by atoms with van der Waals surface area (Å²) >= 11 is 0. The van der Waals surface area contributed by atoms with E-state index in [-0.39, 0.29) is 11.2 Å². The van der Waals surface area contributed by atoms with Crippen molar-refractivity contribution in [1.82, 2.24) is 15.0 Å². The molecule has 5 nitrogen and oxygen atoms in total. The molecular weight excluding hydrogens is 314 g/mol. The summed E-state index contributed by atoms with van der Waals surface area (Å²) in [4.78, 5) is 0. The van der Waals surface area contributed by atoms with Gasteiger partial charge in [-0.2, -0.15) is 0 Å². The van der Waals surface area contributed by atoms with Crippen molar-refractivity contribution in [3.8, 4) is 0 Å². The molecule has 25 heavy (non-hydrogen) atoms. The standard InChI is InChI=1S/C20H39N3O2/c1-16(2)18(3,4)10-12-24-19(5,6)11-13-25-20(7,8)14-17-15-23(9)22-21-17/h15-16H,10-14H2,1-9H3. The molecule has 0 spiro atoms. The van der Waals surface area contributed by atoms with Crippen molar-refractivity contribution in [3.05, 3.63) is 11.9 Å². The van der Waals surface area contributed by atoms with E-state index in [4.69, 9.17) is 9.47 Å². The highest BCUT2D eigenvalue weighted by Crippen LogP contribution is 2.31. The van der Waals surface area contributed by atoms with E-state index in [2.05, 4.69) is 65.7 Å². The highest BCUT2D eigenvalue weighted by molar-refractivity contribution is 4.97. The molecule has 1 aromatic heterocycles. The molecular formula is C20H39N3O2. The number of hydrogen-bond acceptors (Lipinski definition) is 4. The number of rotatable bonds is 11. The summed E-state index contributed by atoms with van der Waals surface area (Å²) in [6.07, 6.45) is 4.64. The molecule has 0 saturated carbocycles. The molecule has 0 aliphatic heterocycles. The van der Waals surface area contributed by atoms with Crippen LogP contribution in [-0.4, -0.2) is 39.4 Å². The molecule has 1 rings (SSSR count). The summed E-state index contributed by atoms with van der Waals surface area (Å²) in [5.41, 5.74) is 0.839. The predicted octanol–water partition coefficient (Wildman–Crippen LogP) is 4.41. The number of ether oxygens (including phenoxy) is 2. The third kappa shape index (κ3) is 8.32. The summed E-state index contributed by atoms with van der Waals surface area (Å²) in [7, 11) is 1.88. The maximum absolute atomic E-state index is 6.15. The summed E-state index contributed by atoms with van der Waals surface area (Å²) in [5, 5.41) is 8.12. The third-order valence-corrected chi connectivity index (χ3v) is 5.26. The Morgan fingerprint density at radius 3 is 2.04 bits per heavy atom. The van der Waals surface area contributed by atoms with Crippen LogP contribution in [0.3, 0.4) is 0 Å². The number of aryl methyl sites for hydroxylation is 1. The molecule has 0 saturated heterocycles. The summed E-state index contributed by atoms with van der Waals surface area (Å²) < 4.78 is 14.0. The second-order valence-corrected chi connectivity index (χ2v) is 9.42. The van der Waals surface area contributed by atoms with Crippen LogP contribution in [0.5, 0.6) is 0 Å². The molecule has 1 heterocycles. The minimum absolute atomic E-state index is 0.171. The highest BCUT2D eigenvalue weighted by atomic mass is 16.5. The fourth-order valence-corrected chi connectivity index (χ4v) is 2.49. The Morgan fingerprint density at radius 1 is 0.960 bits per heavy atom. The number of nitrogens with zero attached hydrogens (tertiary/aromatic N) is 3. The van der Waals surface area contributed by atoms with Crippen molar-refractivity contribution in [3.63, 3.8) is 0 Å². The summed E-state index contributed by atoms with van der Waals surface area (Å²) in [5.74, 6) is 0.657. The maximum Gasteiger partial charge on any atom is 0.0855 e. The first-order chi connectivity index (χ1) is 11.3. The van der Waals surface area contributed by atoms with E-state index in [1.807, 2.05) is 13.2 Å². The lowest BCUT2D eigenvalue weighted by atomic mass is 9.78. The van der Waals surface area contributed by atoms with E-state index in [1.165, 1.54) is 0 Å². The molecule has 0 unspecified atom stereocenters. The SMILES string of the molecule is CC(C)C(C)(C)CCOC(C)(C)CCOC(C)(C)Cc1cn(C)nn1. The largest absolute Gasteiger partial charge is 0.375 e. The first-order valence-corrected chi connectivity index (χ1v) is 9.46. The van der Waals surface area contributed by atoms with Gasteiger partial charge in [0.25, 0.3) is 0 Å². The van der Waals surface area contributed by atoms with Crippen LogP contribution in [0.15, 0.2) is 6.20 Å². The second kappa shape index (κ2) is 8.63. The smallest absolute Gasteiger partial charge is 0.0855 e. The lowest BCUT2D eigenvalue weighted by molar-refractivity contribution is -0.0777. The molecule has 0 N–H and O–H groups in total. The quantitative estimate of drug-likeness (QED) is 0.591. The average Bonchev–Trinajstić information content (AvgIpc) is 2.81. The molecule has 146 valence electrons. The van der Waals surface area contributed by atoms with Crippen LogP contribution in [-0.2, 0) is 22.9 Å². The Bertz CT molecular complexity index is 519. The van der Waals surface area contributed by atoms with Crippen LogP contribution in [0.1, 0.15) is 73.9 Å². The van der Waals surface area contributed by atoms with Gasteiger partial charge in [-0.15, -0.1) is 5.10 Å². The zero-order chi connectivity index (χ0) is 19.3. The third-order valence-electron chi connectivity index (χ3n) is 5.26. The predicted molar refractivity (Wildman–Crippen MR) is 103 cm³/mol. The Labute approximate surface area is 154 Å². The van der Waals surface area contributed by atoms with Gasteiger partial charge in [0.1, 0.15) is 0 Å². The summed E-state index contributed by atoms with van der Waals surface area (Å²) in [6, 6.07) is 0. The van der Waals surface area contributed by atoms with Gasteiger partial charge in [-0.3, -0.25) is 4.68 Å². The molecule has 1 aromatic rings. The van der Waals surface area contributed by atoms with Gasteiger partial charge in [0.05, 0.1) is 23.5 Å². The number of aromatic nitrogens is 3. The Hall–Kier alpha value is -0.940. The van der Waals surface area contributed by atoms with Gasteiger partial charge in [0.2, 0.25) is 0 Å². The van der Waals surface area contributed by atoms with Gasteiger partial charge in [-0.05, 0) is 51.9 Å². The maximum atomic E-state index is 6.15. The van der Waals surface area contributed by atoms with E-state index in [9.17, 15) is 0 Å². The van der Waals surface area contributed by atoms with Crippen molar-refractivity contribution >= 4 is 0 Å². The van der Waals surface area contributed by atoms with Gasteiger partial charge in [0.15, 0.2) is 0 Å². The van der Waals surface area contributed by atoms with Crippen LogP contribution >= 0.6 is 0 Å². The molecule has 0 amide bonds. The Kier molecular flexibility index (Phi) is 7.63. The van der Waals surface area contributed by atoms with Crippen LogP contribution in [0, 0.1) is 11.3 Å². The zero-order valence-corrected chi connectivity index (χ0v) is 17.8. The van der Waals surface area contributed by atoms with Crippen molar-refractivity contribution in [2.45, 2.75) is 85.9 Å². The lowest BCUT2D eigenvalue weighted by Gasteiger charge is -2.33. The first kappa shape index (κ1) is 22.1. The van der Waals surface area contributed by atoms with Crippen LogP contribution in [0.2, 0.25) is 0 Å². The fourth-order valence-electron chi connectivity index (χ4n) is 2.49. The van der Waals surface area contributed by atoms with Crippen molar-refractivity contribution < 1.29 is 9.47 Å². The van der Waals surface area contributed by atoms with Crippen molar-refractivity contribution in [2.75, 3.05) is 13.2 Å². The zero-order valence-electron chi connectivity index (χ0n) is 17.8. The lowest BCUT2D eigenvalue weighted by Crippen LogP contribution is -2.33. The molecule has 0 aromatic carbocycles. The van der Waals surface area contributed by atoms with Gasteiger partial charge in [-0.25, -0.2) is 0 Å². The van der Waals surface area contributed by atoms with E-state index in [0.717, 1.165) is 31.6 Å². The molecule has 0 atom stereocenters. The normalized spacial score (nSPS) is 13.7. The van der Waals surface area contributed by atoms with E-state index < -0.39 is 0 Å². The minimum Gasteiger partial charge on any atom is -0.375 e. The van der Waals surface area contributed by atoms with Crippen molar-refractivity contribution in [2.24, 2.45) is 18.4 Å². The molecule has 0 aliphatic rings. The molecule has 0 radical (unpaired) electrons. The molecule has 0 bridgehead atoms. The van der Waals surface area contributed by atoms with Gasteiger partial charge in [0, 0.05) is 26.3 Å². The first-order valence-electron chi connectivity index (χ1n) is 9.46. The summed E-state index contributed by atoms with van der Waals surface area (Å²) in [6.45, 7) is 19.1. The van der Waals surface area contributed by atoms with Crippen LogP contribution < -0.4 is 0 Å². The van der Waals surface area contributed by atoms with E-state index >= 15 is 0 Å². The van der Waals surface area contributed by atoms with E-state index in [0.29, 0.717) is 17.9 Å². The van der Waals surface area contributed by atoms with Crippen molar-refractivity contribution in [1.29, 1.82) is 0 Å². The van der Waals surface area contributed by atoms with Gasteiger partial charge in [-0.1, -0.05) is 32.9 Å². The monoisotopic (exact) mass is 353 g/mol. The average molecular weight is 354 g/mol. The van der Waals surface area contributed by atoms with E-state index in [1.54, 1.807) is 4.68 Å². The number of hydrogen-bond donors (Lipinski definition) is 0. The van der Waals surface area contributed by atoms with Gasteiger partial charge >= 0.3 is 0 Å². The molecule has 5 heteroatoms. The fraction of sp³-hybridized carbons (Fsp3) is 0.900. The topological polar surface area (TPSA) is 49.2 Å². The van der Waals surface area contributed by atoms with Gasteiger partial charge < -0.3 is 9.47 Å². The molecule has 0 aliphatic carbocycles. The minimum atomic E-state index is -0.258. The second-order valence-electron chi connectivity index (χ2n) is 9.42. The Morgan fingerprint density at radius 2 is 1.52 bits per heavy atom.